The van der Waals surface area contributed by atoms with E-state index in [9.17, 15) is 12.8 Å². The lowest BCUT2D eigenvalue weighted by Crippen LogP contribution is -2.27. The predicted octanol–water partition coefficient (Wildman–Crippen LogP) is 0.929. The standard InChI is InChI=1S/C12H15FN4O3S/c1-7-10(13)5-9(14)6-11(7)21(18,19)15-4-3-12-16-8(2)20-17-12/h5-6,15H,3-4,14H2,1-2H3. The van der Waals surface area contributed by atoms with Gasteiger partial charge in [0.2, 0.25) is 15.9 Å². The summed E-state index contributed by atoms with van der Waals surface area (Å²) < 4.78 is 45.0. The molecule has 0 radical (unpaired) electrons. The van der Waals surface area contributed by atoms with Gasteiger partial charge in [-0.1, -0.05) is 5.16 Å². The minimum absolute atomic E-state index is 0.0205. The summed E-state index contributed by atoms with van der Waals surface area (Å²) in [5, 5.41) is 3.65. The Kier molecular flexibility index (Phi) is 4.24. The average Bonchev–Trinajstić information content (AvgIpc) is 2.79. The molecule has 0 bridgehead atoms. The highest BCUT2D eigenvalue weighted by Crippen LogP contribution is 2.21. The molecule has 0 amide bonds. The molecule has 0 unspecified atom stereocenters. The Morgan fingerprint density at radius 2 is 2.10 bits per heavy atom. The Hall–Kier alpha value is -2.00. The summed E-state index contributed by atoms with van der Waals surface area (Å²) >= 11 is 0. The monoisotopic (exact) mass is 314 g/mol. The van der Waals surface area contributed by atoms with Gasteiger partial charge in [-0.05, 0) is 19.1 Å². The third-order valence-corrected chi connectivity index (χ3v) is 4.41. The second kappa shape index (κ2) is 5.78. The van der Waals surface area contributed by atoms with E-state index in [1.165, 1.54) is 13.0 Å². The lowest BCUT2D eigenvalue weighted by atomic mass is 10.2. The molecule has 0 aliphatic rings. The van der Waals surface area contributed by atoms with Crippen LogP contribution in [0, 0.1) is 19.7 Å². The first-order valence-corrected chi connectivity index (χ1v) is 7.62. The van der Waals surface area contributed by atoms with Gasteiger partial charge in [0.15, 0.2) is 5.82 Å². The van der Waals surface area contributed by atoms with Crippen molar-refractivity contribution in [3.8, 4) is 0 Å². The third-order valence-electron chi connectivity index (χ3n) is 2.82. The maximum atomic E-state index is 13.6. The summed E-state index contributed by atoms with van der Waals surface area (Å²) in [5.41, 5.74) is 5.55. The minimum atomic E-state index is -3.86. The minimum Gasteiger partial charge on any atom is -0.399 e. The van der Waals surface area contributed by atoms with E-state index in [1.807, 2.05) is 0 Å². The van der Waals surface area contributed by atoms with Gasteiger partial charge in [-0.15, -0.1) is 0 Å². The molecule has 1 heterocycles. The number of nitrogens with zero attached hydrogens (tertiary/aromatic N) is 2. The maximum absolute atomic E-state index is 13.6. The van der Waals surface area contributed by atoms with Crippen molar-refractivity contribution in [3.05, 3.63) is 35.2 Å². The van der Waals surface area contributed by atoms with Crippen LogP contribution >= 0.6 is 0 Å². The van der Waals surface area contributed by atoms with E-state index < -0.39 is 15.8 Å². The number of aromatic nitrogens is 2. The van der Waals surface area contributed by atoms with E-state index in [1.54, 1.807) is 6.92 Å². The summed E-state index contributed by atoms with van der Waals surface area (Å²) in [7, 11) is -3.86. The molecule has 1 aromatic carbocycles. The molecule has 2 aromatic rings. The van der Waals surface area contributed by atoms with Gasteiger partial charge in [-0.2, -0.15) is 4.98 Å². The molecule has 9 heteroatoms. The van der Waals surface area contributed by atoms with Crippen LogP contribution in [0.2, 0.25) is 0 Å². The van der Waals surface area contributed by atoms with Gasteiger partial charge >= 0.3 is 0 Å². The fourth-order valence-electron chi connectivity index (χ4n) is 1.77. The molecule has 0 aliphatic carbocycles. The van der Waals surface area contributed by atoms with Gasteiger partial charge < -0.3 is 10.3 Å². The number of sulfonamides is 1. The number of hydrogen-bond donors (Lipinski definition) is 2. The van der Waals surface area contributed by atoms with Crippen molar-refractivity contribution >= 4 is 15.7 Å². The Bertz CT molecular complexity index is 758. The summed E-state index contributed by atoms with van der Waals surface area (Å²) in [5.74, 6) is 0.136. The van der Waals surface area contributed by atoms with E-state index in [-0.39, 0.29) is 29.1 Å². The van der Waals surface area contributed by atoms with Gasteiger partial charge in [0.1, 0.15) is 5.82 Å². The van der Waals surface area contributed by atoms with Crippen LogP contribution in [0.15, 0.2) is 21.6 Å². The fraction of sp³-hybridized carbons (Fsp3) is 0.333. The zero-order valence-electron chi connectivity index (χ0n) is 11.6. The van der Waals surface area contributed by atoms with Crippen molar-refractivity contribution in [2.24, 2.45) is 0 Å². The highest BCUT2D eigenvalue weighted by atomic mass is 32.2. The quantitative estimate of drug-likeness (QED) is 0.794. The van der Waals surface area contributed by atoms with E-state index >= 15 is 0 Å². The summed E-state index contributed by atoms with van der Waals surface area (Å²) in [6, 6.07) is 2.30. The van der Waals surface area contributed by atoms with Crippen LogP contribution in [-0.4, -0.2) is 25.1 Å². The van der Waals surface area contributed by atoms with E-state index in [2.05, 4.69) is 14.9 Å². The number of halogens is 1. The Morgan fingerprint density at radius 3 is 2.71 bits per heavy atom. The summed E-state index contributed by atoms with van der Waals surface area (Å²) in [6.07, 6.45) is 0.264. The van der Waals surface area contributed by atoms with Crippen LogP contribution in [0.1, 0.15) is 17.3 Å². The number of hydrogen-bond acceptors (Lipinski definition) is 6. The van der Waals surface area contributed by atoms with E-state index in [0.29, 0.717) is 11.7 Å². The summed E-state index contributed by atoms with van der Waals surface area (Å²) in [4.78, 5) is 3.78. The summed E-state index contributed by atoms with van der Waals surface area (Å²) in [6.45, 7) is 3.09. The van der Waals surface area contributed by atoms with Crippen LogP contribution < -0.4 is 10.5 Å². The molecule has 0 fully saturated rings. The fourth-order valence-corrected chi connectivity index (χ4v) is 3.09. The number of nitrogens with two attached hydrogens (primary N) is 1. The van der Waals surface area contributed by atoms with Crippen LogP contribution in [-0.2, 0) is 16.4 Å². The lowest BCUT2D eigenvalue weighted by Gasteiger charge is -2.10. The van der Waals surface area contributed by atoms with Gasteiger partial charge in [0, 0.05) is 31.1 Å². The largest absolute Gasteiger partial charge is 0.399 e. The molecule has 0 saturated heterocycles. The van der Waals surface area contributed by atoms with Crippen molar-refractivity contribution < 1.29 is 17.3 Å². The Morgan fingerprint density at radius 1 is 1.38 bits per heavy atom. The smallest absolute Gasteiger partial charge is 0.241 e. The molecular weight excluding hydrogens is 299 g/mol. The number of anilines is 1. The molecule has 114 valence electrons. The van der Waals surface area contributed by atoms with Crippen molar-refractivity contribution in [1.29, 1.82) is 0 Å². The number of nitrogen functional groups attached to an aromatic ring is 1. The molecule has 1 aromatic heterocycles. The zero-order chi connectivity index (χ0) is 15.6. The molecule has 0 aliphatic heterocycles. The SMILES string of the molecule is Cc1nc(CCNS(=O)(=O)c2cc(N)cc(F)c2C)no1. The predicted molar refractivity (Wildman–Crippen MR) is 73.5 cm³/mol. The molecule has 3 N–H and O–H groups in total. The number of rotatable bonds is 5. The molecule has 0 spiro atoms. The molecular formula is C12H15FN4O3S. The second-order valence-electron chi connectivity index (χ2n) is 4.50. The van der Waals surface area contributed by atoms with E-state index in [0.717, 1.165) is 6.07 Å². The first-order valence-electron chi connectivity index (χ1n) is 6.14. The Labute approximate surface area is 121 Å². The zero-order valence-corrected chi connectivity index (χ0v) is 12.4. The van der Waals surface area contributed by atoms with Crippen molar-refractivity contribution in [1.82, 2.24) is 14.9 Å². The highest BCUT2D eigenvalue weighted by molar-refractivity contribution is 7.89. The number of nitrogens with one attached hydrogen (secondary N) is 1. The maximum Gasteiger partial charge on any atom is 0.241 e. The van der Waals surface area contributed by atoms with Crippen LogP contribution in [0.4, 0.5) is 10.1 Å². The van der Waals surface area contributed by atoms with Crippen LogP contribution in [0.5, 0.6) is 0 Å². The van der Waals surface area contributed by atoms with Crippen molar-refractivity contribution in [2.75, 3.05) is 12.3 Å². The Balaban J connectivity index is 2.12. The molecule has 7 nitrogen and oxygen atoms in total. The molecule has 2 rings (SSSR count). The molecule has 0 atom stereocenters. The van der Waals surface area contributed by atoms with Gasteiger partial charge in [0.05, 0.1) is 4.90 Å². The third kappa shape index (κ3) is 3.56. The van der Waals surface area contributed by atoms with Crippen molar-refractivity contribution in [2.45, 2.75) is 25.2 Å². The molecule has 0 saturated carbocycles. The number of aryl methyl sites for hydroxylation is 1. The number of benzene rings is 1. The van der Waals surface area contributed by atoms with Gasteiger partial charge in [0.25, 0.3) is 0 Å². The van der Waals surface area contributed by atoms with Gasteiger partial charge in [-0.25, -0.2) is 17.5 Å². The topological polar surface area (TPSA) is 111 Å². The molecule has 21 heavy (non-hydrogen) atoms. The normalized spacial score (nSPS) is 11.8. The van der Waals surface area contributed by atoms with Crippen LogP contribution in [0.3, 0.4) is 0 Å². The lowest BCUT2D eigenvalue weighted by molar-refractivity contribution is 0.387. The van der Waals surface area contributed by atoms with Crippen molar-refractivity contribution in [3.63, 3.8) is 0 Å². The van der Waals surface area contributed by atoms with Crippen LogP contribution in [0.25, 0.3) is 0 Å². The highest BCUT2D eigenvalue weighted by Gasteiger charge is 2.19. The first-order chi connectivity index (χ1) is 9.79. The van der Waals surface area contributed by atoms with Gasteiger partial charge in [-0.3, -0.25) is 0 Å². The first kappa shape index (κ1) is 15.4. The van der Waals surface area contributed by atoms with E-state index in [4.69, 9.17) is 10.3 Å². The average molecular weight is 314 g/mol. The second-order valence-corrected chi connectivity index (χ2v) is 6.24.